The van der Waals surface area contributed by atoms with Gasteiger partial charge in [0.25, 0.3) is 10.1 Å². The molecule has 1 aliphatic rings. The number of nitrogens with one attached hydrogen (secondary N) is 2. The second-order valence-corrected chi connectivity index (χ2v) is 7.89. The predicted molar refractivity (Wildman–Crippen MR) is 101 cm³/mol. The predicted octanol–water partition coefficient (Wildman–Crippen LogP) is 2.28. The average molecular weight is 443 g/mol. The fourth-order valence-electron chi connectivity index (χ4n) is 2.72. The van der Waals surface area contributed by atoms with E-state index in [1.54, 1.807) is 18.1 Å². The quantitative estimate of drug-likeness (QED) is 0.512. The highest BCUT2D eigenvalue weighted by Crippen LogP contribution is 2.40. The van der Waals surface area contributed by atoms with Gasteiger partial charge in [-0.3, -0.25) is 14.6 Å². The maximum atomic E-state index is 13.6. The van der Waals surface area contributed by atoms with E-state index < -0.39 is 40.8 Å². The van der Waals surface area contributed by atoms with Gasteiger partial charge in [-0.2, -0.15) is 26.9 Å². The Morgan fingerprint density at radius 1 is 1.27 bits per heavy atom. The summed E-state index contributed by atoms with van der Waals surface area (Å²) in [6.07, 6.45) is -3.91. The summed E-state index contributed by atoms with van der Waals surface area (Å²) in [5.74, 6) is -0.481. The Bertz CT molecular complexity index is 1120. The highest BCUT2D eigenvalue weighted by Gasteiger charge is 2.35. The third-order valence-corrected chi connectivity index (χ3v) is 4.63. The van der Waals surface area contributed by atoms with Crippen LogP contribution < -0.4 is 20.7 Å². The SMILES string of the molecule is CN1NNc2c1cc(-c1ccc(OCCOS(C)(=O)=O)c(C(F)(F)F)c1)nc2C#N. The molecule has 1 aromatic heterocycles. The summed E-state index contributed by atoms with van der Waals surface area (Å²) in [5, 5.41) is 10.9. The van der Waals surface area contributed by atoms with Gasteiger partial charge in [0.15, 0.2) is 5.69 Å². The van der Waals surface area contributed by atoms with Crippen molar-refractivity contribution in [1.82, 2.24) is 10.5 Å². The zero-order chi connectivity index (χ0) is 22.1. The van der Waals surface area contributed by atoms with Crippen LogP contribution in [0, 0.1) is 11.3 Å². The van der Waals surface area contributed by atoms with Gasteiger partial charge in [0.1, 0.15) is 30.7 Å². The second kappa shape index (κ2) is 7.98. The molecule has 160 valence electrons. The number of ether oxygens (including phenoxy) is 1. The highest BCUT2D eigenvalue weighted by atomic mass is 32.2. The van der Waals surface area contributed by atoms with Crippen molar-refractivity contribution in [3.63, 3.8) is 0 Å². The van der Waals surface area contributed by atoms with E-state index in [0.717, 1.165) is 18.4 Å². The second-order valence-electron chi connectivity index (χ2n) is 6.24. The molecule has 1 aromatic carbocycles. The van der Waals surface area contributed by atoms with Crippen molar-refractivity contribution in [3.8, 4) is 23.1 Å². The number of fused-ring (bicyclic) bond motifs is 1. The molecule has 0 aliphatic carbocycles. The van der Waals surface area contributed by atoms with Crippen LogP contribution in [0.15, 0.2) is 24.3 Å². The van der Waals surface area contributed by atoms with Crippen molar-refractivity contribution in [1.29, 1.82) is 5.26 Å². The molecule has 2 aromatic rings. The summed E-state index contributed by atoms with van der Waals surface area (Å²) in [6, 6.07) is 6.79. The van der Waals surface area contributed by atoms with Gasteiger partial charge in [0, 0.05) is 12.6 Å². The molecule has 1 aliphatic heterocycles. The lowest BCUT2D eigenvalue weighted by molar-refractivity contribution is -0.139. The molecule has 30 heavy (non-hydrogen) atoms. The van der Waals surface area contributed by atoms with Crippen molar-refractivity contribution >= 4 is 21.5 Å². The Morgan fingerprint density at radius 3 is 2.63 bits per heavy atom. The molecular formula is C17H16F3N5O4S. The Kier molecular flexibility index (Phi) is 5.75. The van der Waals surface area contributed by atoms with Gasteiger partial charge in [0.2, 0.25) is 0 Å². The van der Waals surface area contributed by atoms with Crippen LogP contribution in [0.5, 0.6) is 5.75 Å². The maximum absolute atomic E-state index is 13.6. The third kappa shape index (κ3) is 4.73. The van der Waals surface area contributed by atoms with Gasteiger partial charge >= 0.3 is 6.18 Å². The van der Waals surface area contributed by atoms with Crippen molar-refractivity contribution in [2.75, 3.05) is 37.0 Å². The molecule has 0 atom stereocenters. The van der Waals surface area contributed by atoms with Crippen LogP contribution in [0.25, 0.3) is 11.3 Å². The van der Waals surface area contributed by atoms with Gasteiger partial charge in [-0.05, 0) is 24.3 Å². The van der Waals surface area contributed by atoms with Crippen molar-refractivity contribution < 1.29 is 30.5 Å². The number of hydrogen-bond acceptors (Lipinski definition) is 9. The molecule has 0 saturated heterocycles. The van der Waals surface area contributed by atoms with Crippen LogP contribution >= 0.6 is 0 Å². The number of anilines is 2. The molecule has 0 radical (unpaired) electrons. The lowest BCUT2D eigenvalue weighted by Crippen LogP contribution is -2.31. The monoisotopic (exact) mass is 443 g/mol. The van der Waals surface area contributed by atoms with E-state index in [-0.39, 0.29) is 17.0 Å². The fraction of sp³-hybridized carbons (Fsp3) is 0.294. The van der Waals surface area contributed by atoms with Gasteiger partial charge in [-0.1, -0.05) is 0 Å². The van der Waals surface area contributed by atoms with E-state index in [1.807, 2.05) is 6.07 Å². The number of aromatic nitrogens is 1. The summed E-state index contributed by atoms with van der Waals surface area (Å²) in [5.41, 5.74) is 5.74. The van der Waals surface area contributed by atoms with E-state index in [1.165, 1.54) is 6.07 Å². The topological polar surface area (TPSA) is 117 Å². The van der Waals surface area contributed by atoms with Gasteiger partial charge in [-0.25, -0.2) is 4.98 Å². The number of alkyl halides is 3. The molecule has 2 heterocycles. The van der Waals surface area contributed by atoms with E-state index in [9.17, 15) is 26.9 Å². The number of benzene rings is 1. The Morgan fingerprint density at radius 2 is 2.00 bits per heavy atom. The Labute approximate surface area is 170 Å². The third-order valence-electron chi connectivity index (χ3n) is 4.03. The van der Waals surface area contributed by atoms with E-state index in [2.05, 4.69) is 20.1 Å². The number of rotatable bonds is 6. The fourth-order valence-corrected chi connectivity index (χ4v) is 3.09. The van der Waals surface area contributed by atoms with Crippen LogP contribution in [0.2, 0.25) is 0 Å². The van der Waals surface area contributed by atoms with Crippen molar-refractivity contribution in [2.24, 2.45) is 0 Å². The first kappa shape index (κ1) is 21.6. The number of hydrazine groups is 2. The van der Waals surface area contributed by atoms with Crippen LogP contribution in [0.4, 0.5) is 24.5 Å². The molecule has 0 fully saturated rings. The molecule has 2 N–H and O–H groups in total. The largest absolute Gasteiger partial charge is 0.490 e. The summed E-state index contributed by atoms with van der Waals surface area (Å²) in [4.78, 5) is 4.14. The standard InChI is InChI=1S/C17H16F3N5O4S/c1-25-14-8-12(22-13(9-21)16(14)23-24-25)10-3-4-15(11(7-10)17(18,19)20)28-5-6-29-30(2,26)27/h3-4,7-8,23-24H,5-6H2,1-2H3. The Balaban J connectivity index is 1.94. The molecular weight excluding hydrogens is 427 g/mol. The minimum atomic E-state index is -4.74. The van der Waals surface area contributed by atoms with Crippen molar-refractivity contribution in [2.45, 2.75) is 6.18 Å². The zero-order valence-electron chi connectivity index (χ0n) is 15.7. The van der Waals surface area contributed by atoms with Crippen LogP contribution in [0.1, 0.15) is 11.3 Å². The van der Waals surface area contributed by atoms with Gasteiger partial charge < -0.3 is 4.74 Å². The van der Waals surface area contributed by atoms with Crippen molar-refractivity contribution in [3.05, 3.63) is 35.5 Å². The van der Waals surface area contributed by atoms with E-state index >= 15 is 0 Å². The van der Waals surface area contributed by atoms with E-state index in [0.29, 0.717) is 11.4 Å². The molecule has 0 bridgehead atoms. The average Bonchev–Trinajstić information content (AvgIpc) is 3.04. The van der Waals surface area contributed by atoms with Gasteiger partial charge in [0.05, 0.1) is 23.2 Å². The first-order valence-electron chi connectivity index (χ1n) is 8.39. The van der Waals surface area contributed by atoms with Crippen LogP contribution in [0.3, 0.4) is 0 Å². The lowest BCUT2D eigenvalue weighted by atomic mass is 10.0. The number of nitrogens with zero attached hydrogens (tertiary/aromatic N) is 3. The molecule has 0 spiro atoms. The minimum Gasteiger partial charge on any atom is -0.490 e. The van der Waals surface area contributed by atoms with E-state index in [4.69, 9.17) is 4.74 Å². The van der Waals surface area contributed by atoms with Crippen LogP contribution in [-0.2, 0) is 20.5 Å². The number of pyridine rings is 1. The van der Waals surface area contributed by atoms with Crippen LogP contribution in [-0.4, -0.2) is 39.9 Å². The minimum absolute atomic E-state index is 0.0196. The smallest absolute Gasteiger partial charge is 0.419 e. The molecule has 0 saturated carbocycles. The number of nitriles is 1. The molecule has 13 heteroatoms. The first-order valence-corrected chi connectivity index (χ1v) is 10.2. The Hall–Kier alpha value is -3.08. The molecule has 0 amide bonds. The first-order chi connectivity index (χ1) is 14.0. The summed E-state index contributed by atoms with van der Waals surface area (Å²) in [6.45, 7) is -0.824. The number of hydrogen-bond donors (Lipinski definition) is 2. The molecule has 9 nitrogen and oxygen atoms in total. The number of halogens is 3. The van der Waals surface area contributed by atoms with Gasteiger partial charge in [-0.15, -0.1) is 5.53 Å². The zero-order valence-corrected chi connectivity index (χ0v) is 16.6. The highest BCUT2D eigenvalue weighted by molar-refractivity contribution is 7.85. The molecule has 3 rings (SSSR count). The normalized spacial score (nSPS) is 13.5. The summed E-state index contributed by atoms with van der Waals surface area (Å²) in [7, 11) is -2.06. The lowest BCUT2D eigenvalue weighted by Gasteiger charge is -2.16. The summed E-state index contributed by atoms with van der Waals surface area (Å²) < 4.78 is 72.1. The summed E-state index contributed by atoms with van der Waals surface area (Å²) >= 11 is 0. The maximum Gasteiger partial charge on any atom is 0.419 e. The molecule has 0 unspecified atom stereocenters.